The van der Waals surface area contributed by atoms with Gasteiger partial charge in [-0.15, -0.1) is 0 Å². The monoisotopic (exact) mass is 394 g/mol. The Bertz CT molecular complexity index is 792. The summed E-state index contributed by atoms with van der Waals surface area (Å²) in [5.41, 5.74) is 3.59. The van der Waals surface area contributed by atoms with Crippen LogP contribution >= 0.6 is 0 Å². The van der Waals surface area contributed by atoms with E-state index in [1.807, 2.05) is 0 Å². The summed E-state index contributed by atoms with van der Waals surface area (Å²) in [6.45, 7) is 5.02. The van der Waals surface area contributed by atoms with Gasteiger partial charge in [-0.2, -0.15) is 0 Å². The molecule has 0 saturated heterocycles. The van der Waals surface area contributed by atoms with Gasteiger partial charge in [0, 0.05) is 5.92 Å². The lowest BCUT2D eigenvalue weighted by molar-refractivity contribution is -0.128. The van der Waals surface area contributed by atoms with Crippen molar-refractivity contribution >= 4 is 5.78 Å². The number of allylic oxidation sites excluding steroid dienone is 3. The molecule has 6 aliphatic carbocycles. The van der Waals surface area contributed by atoms with Crippen molar-refractivity contribution in [2.75, 3.05) is 0 Å². The van der Waals surface area contributed by atoms with E-state index in [0.717, 1.165) is 37.0 Å². The van der Waals surface area contributed by atoms with Crippen molar-refractivity contribution in [3.8, 4) is 0 Å². The van der Waals surface area contributed by atoms with Crippen LogP contribution in [0.15, 0.2) is 23.3 Å². The highest BCUT2D eigenvalue weighted by Crippen LogP contribution is 2.69. The molecule has 4 saturated carbocycles. The average molecular weight is 395 g/mol. The van der Waals surface area contributed by atoms with E-state index in [4.69, 9.17) is 0 Å². The molecule has 0 aromatic heterocycles. The third-order valence-electron chi connectivity index (χ3n) is 11.0. The quantitative estimate of drug-likeness (QED) is 0.523. The molecule has 0 aromatic carbocycles. The van der Waals surface area contributed by atoms with Gasteiger partial charge in [-0.1, -0.05) is 37.5 Å². The number of ketones is 1. The van der Waals surface area contributed by atoms with Crippen molar-refractivity contribution in [3.63, 3.8) is 0 Å². The molecule has 29 heavy (non-hydrogen) atoms. The van der Waals surface area contributed by atoms with Crippen LogP contribution in [0.25, 0.3) is 0 Å². The van der Waals surface area contributed by atoms with Gasteiger partial charge in [-0.05, 0) is 111 Å². The van der Waals surface area contributed by atoms with Gasteiger partial charge < -0.3 is 5.11 Å². The number of carbonyl (C=O) groups is 1. The normalized spacial score (nSPS) is 53.6. The van der Waals surface area contributed by atoms with Crippen molar-refractivity contribution in [2.24, 2.45) is 46.3 Å². The summed E-state index contributed by atoms with van der Waals surface area (Å²) in [4.78, 5) is 13.4. The molecule has 0 radical (unpaired) electrons. The highest BCUT2D eigenvalue weighted by Gasteiger charge is 2.64. The van der Waals surface area contributed by atoms with Crippen LogP contribution in [0.3, 0.4) is 0 Å². The highest BCUT2D eigenvalue weighted by atomic mass is 16.3. The van der Waals surface area contributed by atoms with E-state index in [1.54, 1.807) is 5.57 Å². The van der Waals surface area contributed by atoms with Crippen LogP contribution in [0, 0.1) is 46.3 Å². The third-order valence-corrected chi connectivity index (χ3v) is 11.0. The fourth-order valence-electron chi connectivity index (χ4n) is 9.68. The molecule has 158 valence electrons. The Morgan fingerprint density at radius 1 is 1.03 bits per heavy atom. The smallest absolute Gasteiger partial charge is 0.159 e. The van der Waals surface area contributed by atoms with Crippen LogP contribution in [0.5, 0.6) is 0 Å². The van der Waals surface area contributed by atoms with E-state index in [1.165, 1.54) is 56.9 Å². The molecule has 4 fully saturated rings. The molecule has 9 atom stereocenters. The summed E-state index contributed by atoms with van der Waals surface area (Å²) in [6.07, 6.45) is 17.8. The number of carbonyl (C=O) groups excluding carboxylic acids is 1. The van der Waals surface area contributed by atoms with Gasteiger partial charge in [0.1, 0.15) is 0 Å². The van der Waals surface area contributed by atoms with Gasteiger partial charge in [0.25, 0.3) is 0 Å². The molecular weight excluding hydrogens is 356 g/mol. The van der Waals surface area contributed by atoms with E-state index < -0.39 is 0 Å². The van der Waals surface area contributed by atoms with Crippen molar-refractivity contribution in [3.05, 3.63) is 23.3 Å². The number of aliphatic hydroxyl groups is 1. The lowest BCUT2D eigenvalue weighted by Crippen LogP contribution is -2.51. The van der Waals surface area contributed by atoms with Crippen LogP contribution in [0.1, 0.15) is 84.5 Å². The average Bonchev–Trinajstić information content (AvgIpc) is 3.03. The Balaban J connectivity index is 1.36. The summed E-state index contributed by atoms with van der Waals surface area (Å²) >= 11 is 0. The van der Waals surface area contributed by atoms with Gasteiger partial charge in [-0.3, -0.25) is 4.79 Å². The second-order valence-corrected chi connectivity index (χ2v) is 12.1. The van der Waals surface area contributed by atoms with E-state index >= 15 is 0 Å². The first-order chi connectivity index (χ1) is 13.9. The van der Waals surface area contributed by atoms with Crippen LogP contribution in [0.4, 0.5) is 0 Å². The van der Waals surface area contributed by atoms with Crippen molar-refractivity contribution in [1.29, 1.82) is 0 Å². The molecular formula is C27H38O2. The van der Waals surface area contributed by atoms with Gasteiger partial charge in [-0.25, -0.2) is 0 Å². The Hall–Kier alpha value is -0.890. The maximum absolute atomic E-state index is 13.4. The molecule has 0 unspecified atom stereocenters. The molecule has 6 rings (SSSR count). The third kappa shape index (κ3) is 2.47. The molecule has 0 heterocycles. The minimum absolute atomic E-state index is 0.123. The fourth-order valence-corrected chi connectivity index (χ4v) is 9.68. The molecule has 0 aromatic rings. The maximum Gasteiger partial charge on any atom is 0.159 e. The highest BCUT2D eigenvalue weighted by molar-refractivity contribution is 5.94. The van der Waals surface area contributed by atoms with Crippen LogP contribution in [-0.2, 0) is 4.79 Å². The first-order valence-corrected chi connectivity index (χ1v) is 12.5. The zero-order valence-electron chi connectivity index (χ0n) is 18.3. The van der Waals surface area contributed by atoms with E-state index in [0.29, 0.717) is 29.0 Å². The van der Waals surface area contributed by atoms with Crippen molar-refractivity contribution in [2.45, 2.75) is 90.6 Å². The predicted molar refractivity (Wildman–Crippen MR) is 115 cm³/mol. The predicted octanol–water partition coefficient (Wildman–Crippen LogP) is 5.85. The summed E-state index contributed by atoms with van der Waals surface area (Å²) in [5, 5.41) is 10.2. The second kappa shape index (κ2) is 6.31. The van der Waals surface area contributed by atoms with Gasteiger partial charge in [0.05, 0.1) is 6.10 Å². The van der Waals surface area contributed by atoms with Crippen LogP contribution in [0.2, 0.25) is 0 Å². The maximum atomic E-state index is 13.4. The van der Waals surface area contributed by atoms with Crippen molar-refractivity contribution < 1.29 is 9.90 Å². The molecule has 0 amide bonds. The molecule has 0 spiro atoms. The number of aliphatic hydroxyl groups excluding tert-OH is 1. The van der Waals surface area contributed by atoms with Gasteiger partial charge in [0.2, 0.25) is 0 Å². The molecule has 6 aliphatic rings. The summed E-state index contributed by atoms with van der Waals surface area (Å²) in [5.74, 6) is 4.37. The Labute approximate surface area is 176 Å². The summed E-state index contributed by atoms with van der Waals surface area (Å²) < 4.78 is 0. The number of rotatable bonds is 0. The summed E-state index contributed by atoms with van der Waals surface area (Å²) in [6, 6.07) is 0. The number of hydrogen-bond acceptors (Lipinski definition) is 2. The van der Waals surface area contributed by atoms with Crippen molar-refractivity contribution in [1.82, 2.24) is 0 Å². The standard InChI is InChI=1S/C27H38O2/c1-26-11-9-18(28)14-17(26)7-8-20-22(26)10-12-27(2)23(20)15-21-19-6-4-3-5-16(19)13-24(29)25(21)27/h7,13,18-23,25,28H,3-6,8-12,14-15H2,1-2H3/t18-,19-,20+,21-,22-,23-,25+,26-,27-/m0/s1. The van der Waals surface area contributed by atoms with E-state index in [-0.39, 0.29) is 11.5 Å². The lowest BCUT2D eigenvalue weighted by Gasteiger charge is -2.58. The molecule has 1 N–H and O–H groups in total. The molecule has 0 aliphatic heterocycles. The topological polar surface area (TPSA) is 37.3 Å². The Morgan fingerprint density at radius 3 is 2.76 bits per heavy atom. The lowest BCUT2D eigenvalue weighted by atomic mass is 9.47. The Morgan fingerprint density at radius 2 is 1.90 bits per heavy atom. The van der Waals surface area contributed by atoms with Gasteiger partial charge >= 0.3 is 0 Å². The van der Waals surface area contributed by atoms with E-state index in [2.05, 4.69) is 26.0 Å². The summed E-state index contributed by atoms with van der Waals surface area (Å²) in [7, 11) is 0. The molecule has 2 heteroatoms. The first-order valence-electron chi connectivity index (χ1n) is 12.5. The number of hydrogen-bond donors (Lipinski definition) is 1. The SMILES string of the molecule is C[C@]12CC[C@H]3[C@@H](CC=C4C[C@@H](O)CC[C@@]43C)[C@@H]1C[C@H]1[C@H]3CCCCC3=CC(=O)[C@@H]12. The molecule has 2 nitrogen and oxygen atoms in total. The van der Waals surface area contributed by atoms with Crippen LogP contribution < -0.4 is 0 Å². The largest absolute Gasteiger partial charge is 0.393 e. The van der Waals surface area contributed by atoms with Crippen LogP contribution in [-0.4, -0.2) is 17.0 Å². The zero-order chi connectivity index (χ0) is 20.0. The minimum atomic E-state index is -0.123. The second-order valence-electron chi connectivity index (χ2n) is 12.1. The minimum Gasteiger partial charge on any atom is -0.393 e. The molecule has 0 bridgehead atoms. The Kier molecular flexibility index (Phi) is 4.10. The number of fused-ring (bicyclic) bond motifs is 9. The first kappa shape index (κ1) is 18.8. The zero-order valence-corrected chi connectivity index (χ0v) is 18.3. The van der Waals surface area contributed by atoms with E-state index in [9.17, 15) is 9.90 Å². The fraction of sp³-hybridized carbons (Fsp3) is 0.815. The van der Waals surface area contributed by atoms with Gasteiger partial charge in [0.15, 0.2) is 5.78 Å².